The SMILES string of the molecule is Cc1cc(NCCN(C)C)nnc1Cl. The highest BCUT2D eigenvalue weighted by molar-refractivity contribution is 6.30. The molecule has 0 radical (unpaired) electrons. The first-order valence-electron chi connectivity index (χ1n) is 4.48. The van der Waals surface area contributed by atoms with Crippen LogP contribution in [0.2, 0.25) is 5.15 Å². The van der Waals surface area contributed by atoms with Crippen molar-refractivity contribution in [2.75, 3.05) is 32.5 Å². The molecule has 0 saturated carbocycles. The Morgan fingerprint density at radius 1 is 1.43 bits per heavy atom. The number of aryl methyl sites for hydroxylation is 1. The Kier molecular flexibility index (Phi) is 4.10. The first-order valence-corrected chi connectivity index (χ1v) is 4.86. The van der Waals surface area contributed by atoms with Gasteiger partial charge in [-0.25, -0.2) is 0 Å². The summed E-state index contributed by atoms with van der Waals surface area (Å²) in [6, 6.07) is 1.89. The van der Waals surface area contributed by atoms with Crippen LogP contribution in [0.25, 0.3) is 0 Å². The second-order valence-electron chi connectivity index (χ2n) is 3.43. The average molecular weight is 215 g/mol. The zero-order valence-electron chi connectivity index (χ0n) is 8.71. The molecule has 0 fully saturated rings. The van der Waals surface area contributed by atoms with E-state index in [0.717, 1.165) is 24.5 Å². The van der Waals surface area contributed by atoms with Gasteiger partial charge in [-0.2, -0.15) is 0 Å². The van der Waals surface area contributed by atoms with Crippen LogP contribution >= 0.6 is 11.6 Å². The van der Waals surface area contributed by atoms with Gasteiger partial charge in [-0.3, -0.25) is 0 Å². The molecule has 1 aromatic rings. The van der Waals surface area contributed by atoms with Crippen LogP contribution in [-0.4, -0.2) is 42.3 Å². The van der Waals surface area contributed by atoms with Crippen molar-refractivity contribution in [3.05, 3.63) is 16.8 Å². The molecule has 0 bridgehead atoms. The molecule has 0 spiro atoms. The molecule has 1 N–H and O–H groups in total. The number of aromatic nitrogens is 2. The smallest absolute Gasteiger partial charge is 0.154 e. The van der Waals surface area contributed by atoms with Gasteiger partial charge in [0, 0.05) is 13.1 Å². The molecule has 1 rings (SSSR count). The highest BCUT2D eigenvalue weighted by Crippen LogP contribution is 2.12. The molecule has 4 nitrogen and oxygen atoms in total. The third-order valence-electron chi connectivity index (χ3n) is 1.79. The molecule has 14 heavy (non-hydrogen) atoms. The zero-order chi connectivity index (χ0) is 10.6. The topological polar surface area (TPSA) is 41.0 Å². The van der Waals surface area contributed by atoms with E-state index in [1.54, 1.807) is 0 Å². The van der Waals surface area contributed by atoms with Crippen molar-refractivity contribution in [3.8, 4) is 0 Å². The molecule has 0 aromatic carbocycles. The minimum atomic E-state index is 0.461. The number of likely N-dealkylation sites (N-methyl/N-ethyl adjacent to an activating group) is 1. The third kappa shape index (κ3) is 3.47. The van der Waals surface area contributed by atoms with Gasteiger partial charge in [0.25, 0.3) is 0 Å². The largest absolute Gasteiger partial charge is 0.367 e. The predicted octanol–water partition coefficient (Wildman–Crippen LogP) is 1.41. The van der Waals surface area contributed by atoms with Crippen LogP contribution in [0.4, 0.5) is 5.82 Å². The first kappa shape index (κ1) is 11.2. The highest BCUT2D eigenvalue weighted by atomic mass is 35.5. The van der Waals surface area contributed by atoms with Gasteiger partial charge in [-0.1, -0.05) is 11.6 Å². The second kappa shape index (κ2) is 5.12. The Hall–Kier alpha value is -0.870. The van der Waals surface area contributed by atoms with E-state index in [2.05, 4.69) is 20.4 Å². The molecule has 78 valence electrons. The van der Waals surface area contributed by atoms with Crippen LogP contribution in [-0.2, 0) is 0 Å². The molecule has 0 atom stereocenters. The number of nitrogens with zero attached hydrogens (tertiary/aromatic N) is 3. The maximum absolute atomic E-state index is 5.76. The lowest BCUT2D eigenvalue weighted by Crippen LogP contribution is -2.21. The Morgan fingerprint density at radius 3 is 2.71 bits per heavy atom. The zero-order valence-corrected chi connectivity index (χ0v) is 9.47. The summed E-state index contributed by atoms with van der Waals surface area (Å²) in [5, 5.41) is 11.4. The quantitative estimate of drug-likeness (QED) is 0.823. The molecular formula is C9H15ClN4. The molecule has 0 unspecified atom stereocenters. The lowest BCUT2D eigenvalue weighted by Gasteiger charge is -2.10. The molecule has 0 amide bonds. The van der Waals surface area contributed by atoms with Crippen molar-refractivity contribution < 1.29 is 0 Å². The van der Waals surface area contributed by atoms with E-state index in [1.165, 1.54) is 0 Å². The second-order valence-corrected chi connectivity index (χ2v) is 3.79. The number of hydrogen-bond acceptors (Lipinski definition) is 4. The van der Waals surface area contributed by atoms with Gasteiger partial charge in [-0.05, 0) is 32.6 Å². The standard InChI is InChI=1S/C9H15ClN4/c1-7-6-8(12-13-9(7)10)11-4-5-14(2)3/h6H,4-5H2,1-3H3,(H,11,12). The molecule has 0 aliphatic rings. The fourth-order valence-corrected chi connectivity index (χ4v) is 1.06. The Balaban J connectivity index is 2.47. The molecular weight excluding hydrogens is 200 g/mol. The number of hydrogen-bond donors (Lipinski definition) is 1. The van der Waals surface area contributed by atoms with Crippen molar-refractivity contribution in [1.29, 1.82) is 0 Å². The number of rotatable bonds is 4. The third-order valence-corrected chi connectivity index (χ3v) is 2.16. The number of anilines is 1. The van der Waals surface area contributed by atoms with E-state index >= 15 is 0 Å². The maximum atomic E-state index is 5.76. The van der Waals surface area contributed by atoms with Crippen LogP contribution in [0, 0.1) is 6.92 Å². The van der Waals surface area contributed by atoms with Crippen molar-refractivity contribution >= 4 is 17.4 Å². The van der Waals surface area contributed by atoms with Crippen molar-refractivity contribution in [3.63, 3.8) is 0 Å². The minimum Gasteiger partial charge on any atom is -0.367 e. The van der Waals surface area contributed by atoms with Crippen LogP contribution in [0.1, 0.15) is 5.56 Å². The minimum absolute atomic E-state index is 0.461. The fourth-order valence-electron chi connectivity index (χ4n) is 0.964. The van der Waals surface area contributed by atoms with Gasteiger partial charge in [0.15, 0.2) is 5.15 Å². The number of nitrogens with one attached hydrogen (secondary N) is 1. The predicted molar refractivity (Wildman–Crippen MR) is 58.8 cm³/mol. The van der Waals surface area contributed by atoms with E-state index < -0.39 is 0 Å². The van der Waals surface area contributed by atoms with Crippen molar-refractivity contribution in [2.45, 2.75) is 6.92 Å². The fraction of sp³-hybridized carbons (Fsp3) is 0.556. The summed E-state index contributed by atoms with van der Waals surface area (Å²) in [5.74, 6) is 0.772. The molecule has 1 heterocycles. The van der Waals surface area contributed by atoms with Gasteiger partial charge >= 0.3 is 0 Å². The summed E-state index contributed by atoms with van der Waals surface area (Å²) >= 11 is 5.76. The van der Waals surface area contributed by atoms with Gasteiger partial charge in [0.1, 0.15) is 5.82 Å². The summed E-state index contributed by atoms with van der Waals surface area (Å²) in [6.45, 7) is 3.72. The molecule has 1 aromatic heterocycles. The van der Waals surface area contributed by atoms with Crippen molar-refractivity contribution in [2.24, 2.45) is 0 Å². The lowest BCUT2D eigenvalue weighted by atomic mass is 10.3. The van der Waals surface area contributed by atoms with Gasteiger partial charge < -0.3 is 10.2 Å². The summed E-state index contributed by atoms with van der Waals surface area (Å²) in [4.78, 5) is 2.10. The Morgan fingerprint density at radius 2 is 2.14 bits per heavy atom. The molecule has 0 saturated heterocycles. The molecule has 5 heteroatoms. The summed E-state index contributed by atoms with van der Waals surface area (Å²) in [7, 11) is 4.06. The van der Waals surface area contributed by atoms with Gasteiger partial charge in [0.05, 0.1) is 0 Å². The van der Waals surface area contributed by atoms with Gasteiger partial charge in [-0.15, -0.1) is 10.2 Å². The first-order chi connectivity index (χ1) is 6.59. The molecule has 0 aliphatic carbocycles. The van der Waals surface area contributed by atoms with Crippen LogP contribution in [0.3, 0.4) is 0 Å². The molecule has 0 aliphatic heterocycles. The van der Waals surface area contributed by atoms with E-state index in [0.29, 0.717) is 5.15 Å². The Labute approximate surface area is 89.3 Å². The van der Waals surface area contributed by atoms with Gasteiger partial charge in [0.2, 0.25) is 0 Å². The maximum Gasteiger partial charge on any atom is 0.154 e. The lowest BCUT2D eigenvalue weighted by molar-refractivity contribution is 0.425. The normalized spacial score (nSPS) is 10.6. The van der Waals surface area contributed by atoms with Crippen LogP contribution < -0.4 is 5.32 Å². The van der Waals surface area contributed by atoms with Crippen LogP contribution in [0.15, 0.2) is 6.07 Å². The highest BCUT2D eigenvalue weighted by Gasteiger charge is 1.99. The van der Waals surface area contributed by atoms with E-state index in [4.69, 9.17) is 11.6 Å². The summed E-state index contributed by atoms with van der Waals surface area (Å²) < 4.78 is 0. The van der Waals surface area contributed by atoms with E-state index in [1.807, 2.05) is 27.1 Å². The monoisotopic (exact) mass is 214 g/mol. The average Bonchev–Trinajstić information content (AvgIpc) is 2.10. The summed E-state index contributed by atoms with van der Waals surface area (Å²) in [5.41, 5.74) is 0.939. The van der Waals surface area contributed by atoms with Crippen molar-refractivity contribution in [1.82, 2.24) is 15.1 Å². The number of halogens is 1. The van der Waals surface area contributed by atoms with Crippen LogP contribution in [0.5, 0.6) is 0 Å². The van der Waals surface area contributed by atoms with E-state index in [-0.39, 0.29) is 0 Å². The Bertz CT molecular complexity index is 301. The van der Waals surface area contributed by atoms with E-state index in [9.17, 15) is 0 Å². The summed E-state index contributed by atoms with van der Waals surface area (Å²) in [6.07, 6.45) is 0.